The summed E-state index contributed by atoms with van der Waals surface area (Å²) in [4.78, 5) is 51.7. The quantitative estimate of drug-likeness (QED) is 0.200. The first-order valence-corrected chi connectivity index (χ1v) is 16.7. The number of aliphatic hydroxyl groups is 1. The minimum atomic E-state index is -4.70. The normalized spacial score (nSPS) is 14.9. The Bertz CT molecular complexity index is 2130. The number of aromatic nitrogens is 4. The van der Waals surface area contributed by atoms with Crippen LogP contribution in [-0.2, 0) is 25.8 Å². The first-order valence-electron chi connectivity index (χ1n) is 15.9. The highest BCUT2D eigenvalue weighted by atomic mass is 79.9. The fraction of sp³-hybridized carbons (Fsp3) is 0.250. The maximum absolute atomic E-state index is 14.2. The van der Waals surface area contributed by atoms with Gasteiger partial charge in [-0.15, -0.1) is 0 Å². The van der Waals surface area contributed by atoms with Gasteiger partial charge < -0.3 is 20.1 Å². The number of hydrogen-bond donors (Lipinski definition) is 2. The smallest absolute Gasteiger partial charge is 0.417 e. The topological polar surface area (TPSA) is 132 Å². The number of amides is 2. The van der Waals surface area contributed by atoms with Gasteiger partial charge in [0.25, 0.3) is 11.8 Å². The zero-order valence-corrected chi connectivity index (χ0v) is 29.0. The molecule has 2 amide bonds. The van der Waals surface area contributed by atoms with E-state index in [2.05, 4.69) is 31.2 Å². The molecule has 0 bridgehead atoms. The minimum absolute atomic E-state index is 0.0119. The lowest BCUT2D eigenvalue weighted by atomic mass is 10.0. The molecule has 2 atom stereocenters. The lowest BCUT2D eigenvalue weighted by Crippen LogP contribution is -2.47. The Morgan fingerprint density at radius 3 is 2.53 bits per heavy atom. The van der Waals surface area contributed by atoms with E-state index in [1.165, 1.54) is 32.5 Å². The number of ether oxygens (including phenoxy) is 1. The minimum Gasteiger partial charge on any atom is -0.491 e. The number of benzene rings is 3. The summed E-state index contributed by atoms with van der Waals surface area (Å²) in [5.74, 6) is -0.864. The monoisotopic (exact) mass is 764 g/mol. The third kappa shape index (κ3) is 7.44. The summed E-state index contributed by atoms with van der Waals surface area (Å²) in [7, 11) is 0. The van der Waals surface area contributed by atoms with Gasteiger partial charge in [0.15, 0.2) is 0 Å². The van der Waals surface area contributed by atoms with Crippen molar-refractivity contribution in [3.63, 3.8) is 0 Å². The molecular formula is C36H32BrF3N6O5. The third-order valence-corrected chi connectivity index (χ3v) is 9.13. The largest absolute Gasteiger partial charge is 0.491 e. The average molecular weight is 766 g/mol. The van der Waals surface area contributed by atoms with Crippen LogP contribution in [-0.4, -0.2) is 59.7 Å². The maximum atomic E-state index is 14.2. The van der Waals surface area contributed by atoms with Crippen molar-refractivity contribution in [2.24, 2.45) is 0 Å². The van der Waals surface area contributed by atoms with Crippen LogP contribution in [0.5, 0.6) is 5.75 Å². The summed E-state index contributed by atoms with van der Waals surface area (Å²) in [5, 5.41) is 12.5. The second kappa shape index (κ2) is 14.5. The molecule has 15 heteroatoms. The van der Waals surface area contributed by atoms with E-state index in [9.17, 15) is 32.7 Å². The molecule has 51 heavy (non-hydrogen) atoms. The number of carbonyl (C=O) groups is 2. The van der Waals surface area contributed by atoms with Crippen molar-refractivity contribution in [1.82, 2.24) is 29.3 Å². The predicted molar refractivity (Wildman–Crippen MR) is 184 cm³/mol. The fourth-order valence-electron chi connectivity index (χ4n) is 5.94. The average Bonchev–Trinajstić information content (AvgIpc) is 3.40. The summed E-state index contributed by atoms with van der Waals surface area (Å²) in [5.41, 5.74) is 0.967. The lowest BCUT2D eigenvalue weighted by molar-refractivity contribution is -0.138. The molecule has 2 N–H and O–H groups in total. The molecule has 2 aromatic heterocycles. The van der Waals surface area contributed by atoms with Gasteiger partial charge in [-0.2, -0.15) is 13.2 Å². The number of fused-ring (bicyclic) bond motifs is 1. The molecule has 5 aromatic rings. The molecule has 264 valence electrons. The molecule has 0 saturated heterocycles. The maximum Gasteiger partial charge on any atom is 0.417 e. The Hall–Kier alpha value is -5.28. The Kier molecular flexibility index (Phi) is 10.1. The molecular weight excluding hydrogens is 733 g/mol. The first kappa shape index (κ1) is 35.5. The van der Waals surface area contributed by atoms with Gasteiger partial charge in [0.2, 0.25) is 0 Å². The van der Waals surface area contributed by atoms with Crippen molar-refractivity contribution in [3.8, 4) is 22.7 Å². The molecule has 1 aliphatic rings. The highest BCUT2D eigenvalue weighted by molar-refractivity contribution is 9.10. The van der Waals surface area contributed by atoms with E-state index in [1.807, 2.05) is 24.3 Å². The van der Waals surface area contributed by atoms with Gasteiger partial charge in [0.1, 0.15) is 24.4 Å². The van der Waals surface area contributed by atoms with Crippen molar-refractivity contribution < 1.29 is 32.6 Å². The van der Waals surface area contributed by atoms with Crippen LogP contribution in [0.3, 0.4) is 0 Å². The van der Waals surface area contributed by atoms with E-state index >= 15 is 0 Å². The van der Waals surface area contributed by atoms with Gasteiger partial charge in [-0.25, -0.2) is 14.8 Å². The zero-order chi connectivity index (χ0) is 36.4. The molecule has 6 rings (SSSR count). The summed E-state index contributed by atoms with van der Waals surface area (Å²) in [6, 6.07) is 18.1. The Labute approximate surface area is 298 Å². The van der Waals surface area contributed by atoms with Crippen molar-refractivity contribution in [1.29, 1.82) is 0 Å². The van der Waals surface area contributed by atoms with Crippen molar-refractivity contribution in [2.75, 3.05) is 6.61 Å². The number of aliphatic hydroxyl groups excluding tert-OH is 1. The number of hydrogen-bond acceptors (Lipinski definition) is 7. The van der Waals surface area contributed by atoms with E-state index < -0.39 is 41.4 Å². The van der Waals surface area contributed by atoms with E-state index in [4.69, 9.17) is 4.74 Å². The van der Waals surface area contributed by atoms with E-state index in [1.54, 1.807) is 50.4 Å². The highest BCUT2D eigenvalue weighted by Crippen LogP contribution is 2.36. The van der Waals surface area contributed by atoms with E-state index in [-0.39, 0.29) is 47.7 Å². The molecule has 1 aliphatic heterocycles. The molecule has 0 spiro atoms. The van der Waals surface area contributed by atoms with Gasteiger partial charge in [0, 0.05) is 40.9 Å². The molecule has 0 saturated carbocycles. The summed E-state index contributed by atoms with van der Waals surface area (Å²) >= 11 is 2.92. The lowest BCUT2D eigenvalue weighted by Gasteiger charge is -2.34. The van der Waals surface area contributed by atoms with Crippen molar-refractivity contribution in [2.45, 2.75) is 51.8 Å². The van der Waals surface area contributed by atoms with Crippen LogP contribution in [0.25, 0.3) is 16.9 Å². The van der Waals surface area contributed by atoms with Crippen LogP contribution in [0, 0.1) is 0 Å². The van der Waals surface area contributed by atoms with E-state index in [0.29, 0.717) is 17.1 Å². The van der Waals surface area contributed by atoms with Crippen molar-refractivity contribution >= 4 is 27.7 Å². The van der Waals surface area contributed by atoms with Crippen LogP contribution in [0.2, 0.25) is 0 Å². The van der Waals surface area contributed by atoms with Crippen LogP contribution >= 0.6 is 15.9 Å². The number of nitrogens with one attached hydrogen (secondary N) is 1. The number of alkyl halides is 3. The van der Waals surface area contributed by atoms with Gasteiger partial charge in [-0.1, -0.05) is 40.2 Å². The fourth-order valence-corrected chi connectivity index (χ4v) is 6.42. The number of rotatable bonds is 9. The Morgan fingerprint density at radius 1 is 1.10 bits per heavy atom. The van der Waals surface area contributed by atoms with Crippen molar-refractivity contribution in [3.05, 3.63) is 128 Å². The zero-order valence-electron chi connectivity index (χ0n) is 27.4. The van der Waals surface area contributed by atoms with Crippen LogP contribution in [0.4, 0.5) is 13.2 Å². The summed E-state index contributed by atoms with van der Waals surface area (Å²) in [6.45, 7) is 3.14. The Balaban J connectivity index is 1.39. The molecule has 11 nitrogen and oxygen atoms in total. The van der Waals surface area contributed by atoms with Gasteiger partial charge in [-0.05, 0) is 67.9 Å². The Morgan fingerprint density at radius 2 is 1.84 bits per heavy atom. The molecule has 3 heterocycles. The standard InChI is InChI=1S/C36H32BrF3N6O5/c1-21-17-45-31(18-44(21)34(49)23-7-12-29(37)28(15-23)36(38,39)40)32(46(35(45)50)25-8-10-26(11-9-25)51-19-22(2)47)33(48)42-16-24-5-3-4-6-27(24)30-13-14-41-20-43-30/h3-15,20-22,47H,16-19H2,1-2H3,(H,42,48)/t21-,22-/m0/s1. The molecule has 0 unspecified atom stereocenters. The SMILES string of the molecule is C[C@H](O)COc1ccc(-n2c(C(=O)NCc3ccccc3-c3ccncn3)c3n(c2=O)C[C@H](C)N(C(=O)c2ccc(Br)c(C(F)(F)F)c2)C3)cc1. The second-order valence-corrected chi connectivity index (χ2v) is 12.9. The molecule has 3 aromatic carbocycles. The molecule has 0 aliphatic carbocycles. The number of carbonyl (C=O) groups excluding carboxylic acids is 2. The molecule has 0 fully saturated rings. The molecule has 0 radical (unpaired) electrons. The first-order chi connectivity index (χ1) is 24.3. The predicted octanol–water partition coefficient (Wildman–Crippen LogP) is 5.61. The third-order valence-electron chi connectivity index (χ3n) is 8.44. The van der Waals surface area contributed by atoms with E-state index in [0.717, 1.165) is 17.2 Å². The summed E-state index contributed by atoms with van der Waals surface area (Å²) in [6.07, 6.45) is -2.37. The van der Waals surface area contributed by atoms with Crippen LogP contribution in [0.15, 0.2) is 94.6 Å². The van der Waals surface area contributed by atoms with Crippen LogP contribution < -0.4 is 15.7 Å². The van der Waals surface area contributed by atoms with Gasteiger partial charge in [0.05, 0.1) is 35.3 Å². The van der Waals surface area contributed by atoms with Crippen LogP contribution in [0.1, 0.15) is 51.5 Å². The second-order valence-electron chi connectivity index (χ2n) is 12.1. The number of halogens is 4. The highest BCUT2D eigenvalue weighted by Gasteiger charge is 2.37. The van der Waals surface area contributed by atoms with Gasteiger partial charge in [-0.3, -0.25) is 18.7 Å². The number of nitrogens with zero attached hydrogens (tertiary/aromatic N) is 5. The number of imidazole rings is 1. The van der Waals surface area contributed by atoms with Gasteiger partial charge >= 0.3 is 11.9 Å². The summed E-state index contributed by atoms with van der Waals surface area (Å²) < 4.78 is 49.2.